The van der Waals surface area contributed by atoms with Crippen molar-refractivity contribution in [1.29, 1.82) is 0 Å². The van der Waals surface area contributed by atoms with E-state index in [1.165, 1.54) is 0 Å². The molecule has 0 aliphatic heterocycles. The normalized spacial score (nSPS) is 10.9. The third kappa shape index (κ3) is 3.02. The Labute approximate surface area is 144 Å². The van der Waals surface area contributed by atoms with E-state index < -0.39 is 0 Å². The van der Waals surface area contributed by atoms with Gasteiger partial charge in [0.1, 0.15) is 5.75 Å². The molecule has 2 aromatic carbocycles. The number of phenols is 1. The number of nitrogens with two attached hydrogens (primary N) is 1. The number of fused-ring (bicyclic) bond motifs is 1. The predicted octanol–water partition coefficient (Wildman–Crippen LogP) is 3.30. The largest absolute Gasteiger partial charge is 0.508 e. The van der Waals surface area contributed by atoms with Crippen LogP contribution in [0.1, 0.15) is 5.56 Å². The molecular formula is C19H17N5O. The maximum absolute atomic E-state index is 9.72. The van der Waals surface area contributed by atoms with Gasteiger partial charge in [-0.1, -0.05) is 30.3 Å². The number of pyridine rings is 1. The second-order valence-corrected chi connectivity index (χ2v) is 5.69. The summed E-state index contributed by atoms with van der Waals surface area (Å²) in [5.74, 6) is 0.723. The number of anilines is 2. The zero-order valence-electron chi connectivity index (χ0n) is 13.4. The summed E-state index contributed by atoms with van der Waals surface area (Å²) in [7, 11) is 0. The Morgan fingerprint density at radius 2 is 1.80 bits per heavy atom. The third-order valence-electron chi connectivity index (χ3n) is 3.95. The Bertz CT molecular complexity index is 1020. The van der Waals surface area contributed by atoms with E-state index in [4.69, 9.17) is 5.73 Å². The molecule has 25 heavy (non-hydrogen) atoms. The van der Waals surface area contributed by atoms with Crippen LogP contribution < -0.4 is 11.1 Å². The average molecular weight is 331 g/mol. The van der Waals surface area contributed by atoms with E-state index in [9.17, 15) is 5.11 Å². The van der Waals surface area contributed by atoms with Gasteiger partial charge in [0.05, 0.1) is 5.69 Å². The Kier molecular flexibility index (Phi) is 3.80. The van der Waals surface area contributed by atoms with E-state index in [-0.39, 0.29) is 5.75 Å². The highest BCUT2D eigenvalue weighted by atomic mass is 16.3. The van der Waals surface area contributed by atoms with Gasteiger partial charge in [-0.05, 0) is 42.0 Å². The number of rotatable bonds is 4. The zero-order valence-corrected chi connectivity index (χ0v) is 13.4. The van der Waals surface area contributed by atoms with Crippen molar-refractivity contribution in [3.8, 4) is 17.0 Å². The number of hydrogen-bond acceptors (Lipinski definition) is 5. The number of hydrogen-bond donors (Lipinski definition) is 3. The van der Waals surface area contributed by atoms with Crippen LogP contribution in [0.4, 0.5) is 11.6 Å². The van der Waals surface area contributed by atoms with Gasteiger partial charge in [-0.25, -0.2) is 4.52 Å². The second kappa shape index (κ2) is 6.26. The number of aromatic hydroxyl groups is 1. The van der Waals surface area contributed by atoms with E-state index in [1.807, 2.05) is 48.5 Å². The van der Waals surface area contributed by atoms with Crippen molar-refractivity contribution in [2.24, 2.45) is 5.73 Å². The third-order valence-corrected chi connectivity index (χ3v) is 3.95. The molecule has 6 heteroatoms. The summed E-state index contributed by atoms with van der Waals surface area (Å²) < 4.78 is 1.76. The van der Waals surface area contributed by atoms with Gasteiger partial charge in [0, 0.05) is 17.8 Å². The number of nitrogens with one attached hydrogen (secondary N) is 1. The standard InChI is InChI=1S/C19H17N5O/c20-12-13-7-9-15(10-8-13)21-19-22-18-6-2-5-17(24(18)23-19)14-3-1-4-16(25)11-14/h1-11,25H,12,20H2,(H,21,23). The molecule has 124 valence electrons. The van der Waals surface area contributed by atoms with Crippen molar-refractivity contribution in [2.75, 3.05) is 5.32 Å². The van der Waals surface area contributed by atoms with Crippen molar-refractivity contribution in [3.63, 3.8) is 0 Å². The first-order valence-corrected chi connectivity index (χ1v) is 7.94. The van der Waals surface area contributed by atoms with Crippen molar-refractivity contribution in [1.82, 2.24) is 14.6 Å². The highest BCUT2D eigenvalue weighted by molar-refractivity contribution is 5.66. The van der Waals surface area contributed by atoms with Crippen molar-refractivity contribution >= 4 is 17.3 Å². The first-order chi connectivity index (χ1) is 12.2. The van der Waals surface area contributed by atoms with E-state index in [0.717, 1.165) is 28.2 Å². The van der Waals surface area contributed by atoms with Crippen LogP contribution in [0.15, 0.2) is 66.7 Å². The molecule has 0 aliphatic carbocycles. The van der Waals surface area contributed by atoms with Gasteiger partial charge in [-0.3, -0.25) is 0 Å². The maximum atomic E-state index is 9.72. The predicted molar refractivity (Wildman–Crippen MR) is 97.7 cm³/mol. The maximum Gasteiger partial charge on any atom is 0.247 e. The first kappa shape index (κ1) is 15.2. The molecule has 4 rings (SSSR count). The lowest BCUT2D eigenvalue weighted by Crippen LogP contribution is -1.97. The molecule has 6 nitrogen and oxygen atoms in total. The Morgan fingerprint density at radius 3 is 2.56 bits per heavy atom. The summed E-state index contributed by atoms with van der Waals surface area (Å²) in [5, 5.41) is 17.5. The van der Waals surface area contributed by atoms with Crippen molar-refractivity contribution in [2.45, 2.75) is 6.54 Å². The number of nitrogens with zero attached hydrogens (tertiary/aromatic N) is 3. The van der Waals surface area contributed by atoms with Crippen molar-refractivity contribution in [3.05, 3.63) is 72.3 Å². The number of benzene rings is 2. The van der Waals surface area contributed by atoms with Gasteiger partial charge in [0.15, 0.2) is 5.65 Å². The molecule has 2 aromatic heterocycles. The zero-order chi connectivity index (χ0) is 17.2. The summed E-state index contributed by atoms with van der Waals surface area (Å²) >= 11 is 0. The smallest absolute Gasteiger partial charge is 0.247 e. The molecule has 4 aromatic rings. The monoisotopic (exact) mass is 331 g/mol. The SMILES string of the molecule is NCc1ccc(Nc2nc3cccc(-c4cccc(O)c4)n3n2)cc1. The Morgan fingerprint density at radius 1 is 1.00 bits per heavy atom. The molecule has 0 spiro atoms. The van der Waals surface area contributed by atoms with Crippen LogP contribution in [0.25, 0.3) is 16.9 Å². The fraction of sp³-hybridized carbons (Fsp3) is 0.0526. The molecule has 0 atom stereocenters. The van der Waals surface area contributed by atoms with Crippen LogP contribution in [0.2, 0.25) is 0 Å². The fourth-order valence-corrected chi connectivity index (χ4v) is 2.70. The van der Waals surface area contributed by atoms with Gasteiger partial charge >= 0.3 is 0 Å². The second-order valence-electron chi connectivity index (χ2n) is 5.69. The van der Waals surface area contributed by atoms with E-state index in [0.29, 0.717) is 12.5 Å². The minimum atomic E-state index is 0.216. The summed E-state index contributed by atoms with van der Waals surface area (Å²) in [6.45, 7) is 0.514. The summed E-state index contributed by atoms with van der Waals surface area (Å²) in [5.41, 5.74) is 10.0. The van der Waals surface area contributed by atoms with Gasteiger partial charge < -0.3 is 16.2 Å². The fourth-order valence-electron chi connectivity index (χ4n) is 2.70. The molecule has 2 heterocycles. The molecule has 4 N–H and O–H groups in total. The molecule has 0 fully saturated rings. The number of aromatic nitrogens is 3. The van der Waals surface area contributed by atoms with Gasteiger partial charge in [0.25, 0.3) is 0 Å². The van der Waals surface area contributed by atoms with Crippen LogP contribution in [0.5, 0.6) is 5.75 Å². The number of phenolic OH excluding ortho intramolecular Hbond substituents is 1. The molecule has 0 unspecified atom stereocenters. The lowest BCUT2D eigenvalue weighted by Gasteiger charge is -2.04. The molecule has 0 bridgehead atoms. The van der Waals surface area contributed by atoms with Crippen molar-refractivity contribution < 1.29 is 5.11 Å². The highest BCUT2D eigenvalue weighted by Crippen LogP contribution is 2.24. The van der Waals surface area contributed by atoms with Crippen LogP contribution in [0, 0.1) is 0 Å². The quantitative estimate of drug-likeness (QED) is 0.534. The first-order valence-electron chi connectivity index (χ1n) is 7.94. The van der Waals surface area contributed by atoms with E-state index in [1.54, 1.807) is 22.7 Å². The lowest BCUT2D eigenvalue weighted by atomic mass is 10.1. The minimum absolute atomic E-state index is 0.216. The minimum Gasteiger partial charge on any atom is -0.508 e. The van der Waals surface area contributed by atoms with Crippen LogP contribution in [-0.2, 0) is 6.54 Å². The Hall–Kier alpha value is -3.38. The summed E-state index contributed by atoms with van der Waals surface area (Å²) in [6, 6.07) is 20.7. The molecule has 0 saturated heterocycles. The van der Waals surface area contributed by atoms with E-state index >= 15 is 0 Å². The summed E-state index contributed by atoms with van der Waals surface area (Å²) in [6.07, 6.45) is 0. The highest BCUT2D eigenvalue weighted by Gasteiger charge is 2.09. The lowest BCUT2D eigenvalue weighted by molar-refractivity contribution is 0.475. The topological polar surface area (TPSA) is 88.5 Å². The van der Waals surface area contributed by atoms with Gasteiger partial charge in [-0.15, -0.1) is 5.10 Å². The average Bonchev–Trinajstić information content (AvgIpc) is 3.04. The molecular weight excluding hydrogens is 314 g/mol. The van der Waals surface area contributed by atoms with Crippen LogP contribution in [0.3, 0.4) is 0 Å². The van der Waals surface area contributed by atoms with Crippen LogP contribution in [-0.4, -0.2) is 19.7 Å². The van der Waals surface area contributed by atoms with E-state index in [2.05, 4.69) is 15.4 Å². The molecule has 0 radical (unpaired) electrons. The molecule has 0 amide bonds. The van der Waals surface area contributed by atoms with Gasteiger partial charge in [-0.2, -0.15) is 4.98 Å². The van der Waals surface area contributed by atoms with Gasteiger partial charge in [0.2, 0.25) is 5.95 Å². The molecule has 0 aliphatic rings. The van der Waals surface area contributed by atoms with Crippen LogP contribution >= 0.6 is 0 Å². The molecule has 0 saturated carbocycles. The Balaban J connectivity index is 1.71. The summed E-state index contributed by atoms with van der Waals surface area (Å²) in [4.78, 5) is 4.51.